The predicted octanol–water partition coefficient (Wildman–Crippen LogP) is 1.77. The zero-order chi connectivity index (χ0) is 16.6. The van der Waals surface area contributed by atoms with Crippen LogP contribution in [0.15, 0.2) is 27.8 Å². The number of nitrogens with zero attached hydrogens (tertiary/aromatic N) is 4. The van der Waals surface area contributed by atoms with Crippen LogP contribution in [0, 0.1) is 0 Å². The molecule has 1 aromatic carbocycles. The van der Waals surface area contributed by atoms with Crippen LogP contribution in [-0.2, 0) is 7.05 Å². The van der Waals surface area contributed by atoms with Crippen molar-refractivity contribution in [3.8, 4) is 5.69 Å². The summed E-state index contributed by atoms with van der Waals surface area (Å²) in [6.07, 6.45) is 0. The molecule has 0 aliphatic heterocycles. The molecular formula is C15H19ClN4O2. The summed E-state index contributed by atoms with van der Waals surface area (Å²) in [7, 11) is 5.02. The van der Waals surface area contributed by atoms with Gasteiger partial charge in [0.25, 0.3) is 0 Å². The highest BCUT2D eigenvalue weighted by atomic mass is 35.5. The van der Waals surface area contributed by atoms with E-state index in [0.29, 0.717) is 16.7 Å². The first kappa shape index (κ1) is 16.3. The van der Waals surface area contributed by atoms with Gasteiger partial charge in [0.05, 0.1) is 5.69 Å². The minimum Gasteiger partial charge on any atom is -0.348 e. The second-order valence-corrected chi connectivity index (χ2v) is 6.03. The van der Waals surface area contributed by atoms with Crippen LogP contribution in [0.2, 0.25) is 5.02 Å². The average molecular weight is 323 g/mol. The van der Waals surface area contributed by atoms with Crippen LogP contribution in [0.25, 0.3) is 5.69 Å². The Morgan fingerprint density at radius 2 is 1.86 bits per heavy atom. The number of hydrogen-bond acceptors (Lipinski definition) is 4. The van der Waals surface area contributed by atoms with Crippen molar-refractivity contribution in [3.63, 3.8) is 0 Å². The molecular weight excluding hydrogens is 304 g/mol. The molecule has 1 aromatic heterocycles. The maximum absolute atomic E-state index is 12.5. The van der Waals surface area contributed by atoms with E-state index < -0.39 is 11.4 Å². The van der Waals surface area contributed by atoms with E-state index in [9.17, 15) is 9.59 Å². The SMILES string of the molecule is CC(C)c1ccc(-n2c(=O)nc(N(C)C)n(C)c2=O)cc1Cl. The van der Waals surface area contributed by atoms with Gasteiger partial charge < -0.3 is 4.90 Å². The Balaban J connectivity index is 2.69. The molecule has 0 bridgehead atoms. The van der Waals surface area contributed by atoms with E-state index in [4.69, 9.17) is 11.6 Å². The van der Waals surface area contributed by atoms with Crippen molar-refractivity contribution in [2.75, 3.05) is 19.0 Å². The molecule has 0 radical (unpaired) electrons. The lowest BCUT2D eigenvalue weighted by molar-refractivity contribution is 0.683. The molecule has 0 N–H and O–H groups in total. The first-order valence-corrected chi connectivity index (χ1v) is 7.29. The van der Waals surface area contributed by atoms with Crippen LogP contribution in [-0.4, -0.2) is 28.2 Å². The Labute approximate surface area is 133 Å². The summed E-state index contributed by atoms with van der Waals surface area (Å²) in [6, 6.07) is 5.16. The maximum Gasteiger partial charge on any atom is 0.359 e. The molecule has 0 aliphatic carbocycles. The van der Waals surface area contributed by atoms with Gasteiger partial charge in [-0.05, 0) is 23.6 Å². The third-order valence-electron chi connectivity index (χ3n) is 3.43. The summed E-state index contributed by atoms with van der Waals surface area (Å²) in [4.78, 5) is 30.2. The van der Waals surface area contributed by atoms with E-state index in [1.54, 1.807) is 38.2 Å². The van der Waals surface area contributed by atoms with Gasteiger partial charge in [0, 0.05) is 26.2 Å². The predicted molar refractivity (Wildman–Crippen MR) is 88.5 cm³/mol. The van der Waals surface area contributed by atoms with E-state index in [1.165, 1.54) is 4.57 Å². The van der Waals surface area contributed by atoms with Crippen LogP contribution in [0.1, 0.15) is 25.3 Å². The molecule has 0 atom stereocenters. The van der Waals surface area contributed by atoms with E-state index in [-0.39, 0.29) is 5.92 Å². The van der Waals surface area contributed by atoms with E-state index >= 15 is 0 Å². The minimum absolute atomic E-state index is 0.260. The molecule has 2 rings (SSSR count). The molecule has 1 heterocycles. The van der Waals surface area contributed by atoms with E-state index in [1.807, 2.05) is 19.9 Å². The Morgan fingerprint density at radius 1 is 1.23 bits per heavy atom. The van der Waals surface area contributed by atoms with Crippen molar-refractivity contribution in [1.82, 2.24) is 14.1 Å². The number of hydrogen-bond donors (Lipinski definition) is 0. The maximum atomic E-state index is 12.5. The molecule has 0 amide bonds. The Kier molecular flexibility index (Phi) is 4.42. The van der Waals surface area contributed by atoms with Crippen molar-refractivity contribution < 1.29 is 0 Å². The van der Waals surface area contributed by atoms with Crippen LogP contribution in [0.3, 0.4) is 0 Å². The highest BCUT2D eigenvalue weighted by Gasteiger charge is 2.14. The number of rotatable bonds is 3. The summed E-state index contributed by atoms with van der Waals surface area (Å²) >= 11 is 6.25. The molecule has 0 saturated heterocycles. The number of anilines is 1. The summed E-state index contributed by atoms with van der Waals surface area (Å²) in [5, 5.41) is 0.526. The molecule has 2 aromatic rings. The second kappa shape index (κ2) is 5.96. The highest BCUT2D eigenvalue weighted by Crippen LogP contribution is 2.25. The van der Waals surface area contributed by atoms with Crippen LogP contribution < -0.4 is 16.3 Å². The lowest BCUT2D eigenvalue weighted by Gasteiger charge is -2.16. The van der Waals surface area contributed by atoms with Crippen LogP contribution in [0.5, 0.6) is 0 Å². The molecule has 7 heteroatoms. The van der Waals surface area contributed by atoms with Crippen molar-refractivity contribution in [1.29, 1.82) is 0 Å². The molecule has 22 heavy (non-hydrogen) atoms. The number of halogens is 1. The monoisotopic (exact) mass is 322 g/mol. The quantitative estimate of drug-likeness (QED) is 0.864. The Hall–Kier alpha value is -2.08. The smallest absolute Gasteiger partial charge is 0.348 e. The first-order valence-electron chi connectivity index (χ1n) is 6.91. The van der Waals surface area contributed by atoms with Crippen molar-refractivity contribution in [2.24, 2.45) is 7.05 Å². The number of aromatic nitrogens is 3. The van der Waals surface area contributed by atoms with Gasteiger partial charge in [0.1, 0.15) is 0 Å². The molecule has 0 fully saturated rings. The van der Waals surface area contributed by atoms with Crippen LogP contribution >= 0.6 is 11.6 Å². The standard InChI is InChI=1S/C15H19ClN4O2/c1-9(2)11-7-6-10(8-12(11)16)20-14(21)17-13(18(3)4)19(5)15(20)22/h6-9H,1-5H3. The van der Waals surface area contributed by atoms with Gasteiger partial charge in [-0.15, -0.1) is 0 Å². The molecule has 0 saturated carbocycles. The van der Waals surface area contributed by atoms with Gasteiger partial charge in [-0.3, -0.25) is 4.57 Å². The topological polar surface area (TPSA) is 60.1 Å². The zero-order valence-electron chi connectivity index (χ0n) is 13.3. The molecule has 0 aliphatic rings. The molecule has 6 nitrogen and oxygen atoms in total. The van der Waals surface area contributed by atoms with Gasteiger partial charge in [-0.1, -0.05) is 31.5 Å². The van der Waals surface area contributed by atoms with Crippen molar-refractivity contribution >= 4 is 17.5 Å². The lowest BCUT2D eigenvalue weighted by atomic mass is 10.0. The third kappa shape index (κ3) is 2.78. The summed E-state index contributed by atoms with van der Waals surface area (Å²) in [6.45, 7) is 4.05. The molecule has 0 unspecified atom stereocenters. The molecule has 118 valence electrons. The fourth-order valence-electron chi connectivity index (χ4n) is 2.27. The van der Waals surface area contributed by atoms with Gasteiger partial charge in [-0.25, -0.2) is 14.2 Å². The van der Waals surface area contributed by atoms with E-state index in [0.717, 1.165) is 10.1 Å². The summed E-state index contributed by atoms with van der Waals surface area (Å²) in [5.74, 6) is 0.562. The first-order chi connectivity index (χ1) is 10.2. The van der Waals surface area contributed by atoms with Gasteiger partial charge in [-0.2, -0.15) is 4.98 Å². The highest BCUT2D eigenvalue weighted by molar-refractivity contribution is 6.31. The summed E-state index contributed by atoms with van der Waals surface area (Å²) in [5.41, 5.74) is 0.295. The lowest BCUT2D eigenvalue weighted by Crippen LogP contribution is -2.42. The summed E-state index contributed by atoms with van der Waals surface area (Å²) < 4.78 is 2.34. The van der Waals surface area contributed by atoms with Gasteiger partial charge >= 0.3 is 11.4 Å². The van der Waals surface area contributed by atoms with E-state index in [2.05, 4.69) is 4.98 Å². The number of benzene rings is 1. The average Bonchev–Trinajstić information content (AvgIpc) is 2.42. The Morgan fingerprint density at radius 3 is 2.36 bits per heavy atom. The largest absolute Gasteiger partial charge is 0.359 e. The zero-order valence-corrected chi connectivity index (χ0v) is 14.0. The normalized spacial score (nSPS) is 11.0. The fraction of sp³-hybridized carbons (Fsp3) is 0.400. The van der Waals surface area contributed by atoms with Gasteiger partial charge in [0.2, 0.25) is 5.95 Å². The van der Waals surface area contributed by atoms with Crippen molar-refractivity contribution in [3.05, 3.63) is 49.8 Å². The van der Waals surface area contributed by atoms with Crippen molar-refractivity contribution in [2.45, 2.75) is 19.8 Å². The van der Waals surface area contributed by atoms with Gasteiger partial charge in [0.15, 0.2) is 0 Å². The fourth-order valence-corrected chi connectivity index (χ4v) is 2.67. The van der Waals surface area contributed by atoms with Crippen LogP contribution in [0.4, 0.5) is 5.95 Å². The minimum atomic E-state index is -0.625. The second-order valence-electron chi connectivity index (χ2n) is 5.63. The Bertz CT molecular complexity index is 821. The molecule has 0 spiro atoms. The third-order valence-corrected chi connectivity index (χ3v) is 3.76.